The van der Waals surface area contributed by atoms with Gasteiger partial charge in [0.15, 0.2) is 0 Å². The Hall–Kier alpha value is -2.55. The first-order valence-corrected chi connectivity index (χ1v) is 10.3. The number of aromatic nitrogens is 3. The lowest BCUT2D eigenvalue weighted by Gasteiger charge is -2.31. The Morgan fingerprint density at radius 2 is 2.00 bits per heavy atom. The van der Waals surface area contributed by atoms with Crippen LogP contribution in [-0.4, -0.2) is 33.7 Å². The normalized spacial score (nSPS) is 16.8. The monoisotopic (exact) mass is 431 g/mol. The average molecular weight is 432 g/mol. The van der Waals surface area contributed by atoms with Crippen LogP contribution in [0.25, 0.3) is 5.57 Å². The molecule has 4 rings (SSSR count). The van der Waals surface area contributed by atoms with Gasteiger partial charge in [0.05, 0.1) is 10.9 Å². The van der Waals surface area contributed by atoms with Gasteiger partial charge in [0.1, 0.15) is 11.6 Å². The fourth-order valence-electron chi connectivity index (χ4n) is 3.34. The molecule has 9 heteroatoms. The second kappa shape index (κ2) is 8.06. The number of anilines is 1. The van der Waals surface area contributed by atoms with E-state index in [1.807, 2.05) is 17.0 Å². The van der Waals surface area contributed by atoms with Crippen molar-refractivity contribution < 1.29 is 4.39 Å². The summed E-state index contributed by atoms with van der Waals surface area (Å²) in [6.45, 7) is 3.15. The lowest BCUT2D eigenvalue weighted by molar-refractivity contribution is 0.627. The fraction of sp³-hybridized carbons (Fsp3) is 0.250. The summed E-state index contributed by atoms with van der Waals surface area (Å²) in [4.78, 5) is 24.1. The lowest BCUT2D eigenvalue weighted by Crippen LogP contribution is -2.44. The van der Waals surface area contributed by atoms with Gasteiger partial charge < -0.3 is 10.6 Å². The van der Waals surface area contributed by atoms with E-state index in [1.54, 1.807) is 25.1 Å². The van der Waals surface area contributed by atoms with Crippen LogP contribution in [0.1, 0.15) is 16.3 Å². The zero-order valence-electron chi connectivity index (χ0n) is 15.7. The molecule has 0 fully saturated rings. The van der Waals surface area contributed by atoms with Gasteiger partial charge in [-0.05, 0) is 42.3 Å². The predicted molar refractivity (Wildman–Crippen MR) is 114 cm³/mol. The molecule has 0 spiro atoms. The molecule has 0 amide bonds. The molecule has 150 valence electrons. The molecule has 3 heterocycles. The maximum absolute atomic E-state index is 13.2. The Labute approximate surface area is 176 Å². The lowest BCUT2D eigenvalue weighted by atomic mass is 9.95. The molecule has 0 bridgehead atoms. The number of nitrogens with two attached hydrogens (primary N) is 1. The minimum atomic E-state index is -0.362. The van der Waals surface area contributed by atoms with Crippen LogP contribution in [-0.2, 0) is 6.54 Å². The highest BCUT2D eigenvalue weighted by molar-refractivity contribution is 7.16. The molecular weight excluding hydrogens is 413 g/mol. The van der Waals surface area contributed by atoms with E-state index in [4.69, 9.17) is 17.3 Å². The molecule has 1 aliphatic rings. The molecule has 6 nitrogen and oxygen atoms in total. The second-order valence-corrected chi connectivity index (χ2v) is 8.62. The second-order valence-electron chi connectivity index (χ2n) is 6.82. The Bertz CT molecular complexity index is 1120. The van der Waals surface area contributed by atoms with Gasteiger partial charge in [0.25, 0.3) is 0 Å². The molecule has 0 saturated carbocycles. The first-order chi connectivity index (χ1) is 13.9. The number of halogens is 2. The molecular formula is C20H19ClFN5OS. The smallest absolute Gasteiger partial charge is 0.335 e. The van der Waals surface area contributed by atoms with Gasteiger partial charge in [0, 0.05) is 24.0 Å². The quantitative estimate of drug-likeness (QED) is 0.687. The highest BCUT2D eigenvalue weighted by Gasteiger charge is 2.23. The maximum atomic E-state index is 13.2. The van der Waals surface area contributed by atoms with Gasteiger partial charge >= 0.3 is 5.69 Å². The van der Waals surface area contributed by atoms with Crippen LogP contribution in [0.4, 0.5) is 10.3 Å². The number of aryl methyl sites for hydroxylation is 1. The number of hydrogen-bond donors (Lipinski definition) is 1. The third kappa shape index (κ3) is 4.24. The van der Waals surface area contributed by atoms with Gasteiger partial charge in [-0.25, -0.2) is 9.18 Å². The molecule has 0 aliphatic carbocycles. The van der Waals surface area contributed by atoms with Gasteiger partial charge in [0.2, 0.25) is 5.95 Å². The van der Waals surface area contributed by atoms with Gasteiger partial charge in [-0.15, -0.1) is 11.3 Å². The first-order valence-electron chi connectivity index (χ1n) is 9.07. The Morgan fingerprint density at radius 1 is 1.24 bits per heavy atom. The van der Waals surface area contributed by atoms with Crippen LogP contribution < -0.4 is 16.3 Å². The van der Waals surface area contributed by atoms with Crippen LogP contribution in [0.15, 0.2) is 47.3 Å². The third-order valence-corrected chi connectivity index (χ3v) is 6.05. The van der Waals surface area contributed by atoms with Crippen LogP contribution >= 0.6 is 22.9 Å². The van der Waals surface area contributed by atoms with Crippen molar-refractivity contribution in [3.05, 3.63) is 79.4 Å². The van der Waals surface area contributed by atoms with E-state index >= 15 is 0 Å². The molecule has 0 unspecified atom stereocenters. The Balaban J connectivity index is 1.56. The SMILES string of the molecule is Cc1nc(N2CC=C(c3ccc(F)cc3)[C@@H](N)C2)nc(=O)n1Cc1ccc(Cl)s1. The number of nitrogens with zero attached hydrogens (tertiary/aromatic N) is 4. The van der Waals surface area contributed by atoms with E-state index in [-0.39, 0.29) is 17.5 Å². The zero-order chi connectivity index (χ0) is 20.5. The molecule has 0 radical (unpaired) electrons. The number of rotatable bonds is 4. The Morgan fingerprint density at radius 3 is 2.62 bits per heavy atom. The highest BCUT2D eigenvalue weighted by atomic mass is 35.5. The summed E-state index contributed by atoms with van der Waals surface area (Å²) in [6, 6.07) is 9.67. The molecule has 2 N–H and O–H groups in total. The van der Waals surface area contributed by atoms with Crippen molar-refractivity contribution in [2.24, 2.45) is 5.73 Å². The van der Waals surface area contributed by atoms with E-state index in [1.165, 1.54) is 28.0 Å². The van der Waals surface area contributed by atoms with Crippen LogP contribution in [0.2, 0.25) is 4.34 Å². The minimum Gasteiger partial charge on any atom is -0.335 e. The van der Waals surface area contributed by atoms with Crippen molar-refractivity contribution in [1.82, 2.24) is 14.5 Å². The summed E-state index contributed by atoms with van der Waals surface area (Å²) in [5, 5.41) is 0. The molecule has 2 aromatic heterocycles. The van der Waals surface area contributed by atoms with Crippen molar-refractivity contribution in [3.8, 4) is 0 Å². The largest absolute Gasteiger partial charge is 0.352 e. The highest BCUT2D eigenvalue weighted by Crippen LogP contribution is 2.24. The molecule has 29 heavy (non-hydrogen) atoms. The first kappa shape index (κ1) is 19.8. The third-order valence-electron chi connectivity index (χ3n) is 4.83. The van der Waals surface area contributed by atoms with Gasteiger partial charge in [-0.1, -0.05) is 29.8 Å². The summed E-state index contributed by atoms with van der Waals surface area (Å²) in [6.07, 6.45) is 1.97. The van der Waals surface area contributed by atoms with Crippen LogP contribution in [0.5, 0.6) is 0 Å². The summed E-state index contributed by atoms with van der Waals surface area (Å²) in [5.74, 6) is 0.652. The van der Waals surface area contributed by atoms with E-state index in [0.29, 0.717) is 35.7 Å². The summed E-state index contributed by atoms with van der Waals surface area (Å²) in [7, 11) is 0. The van der Waals surface area contributed by atoms with Gasteiger partial charge in [-0.2, -0.15) is 9.97 Å². The van der Waals surface area contributed by atoms with Crippen molar-refractivity contribution in [2.45, 2.75) is 19.5 Å². The molecule has 1 aromatic carbocycles. The zero-order valence-corrected chi connectivity index (χ0v) is 17.3. The predicted octanol–water partition coefficient (Wildman–Crippen LogP) is 3.08. The number of thiophene rings is 1. The van der Waals surface area contributed by atoms with Crippen molar-refractivity contribution in [1.29, 1.82) is 0 Å². The van der Waals surface area contributed by atoms with Crippen molar-refractivity contribution >= 4 is 34.5 Å². The molecule has 1 atom stereocenters. The molecule has 1 aliphatic heterocycles. The topological polar surface area (TPSA) is 77.0 Å². The van der Waals surface area contributed by atoms with Crippen molar-refractivity contribution in [2.75, 3.05) is 18.0 Å². The molecule has 0 saturated heterocycles. The number of hydrogen-bond acceptors (Lipinski definition) is 6. The van der Waals surface area contributed by atoms with E-state index in [0.717, 1.165) is 16.0 Å². The van der Waals surface area contributed by atoms with Crippen LogP contribution in [0.3, 0.4) is 0 Å². The van der Waals surface area contributed by atoms with E-state index in [9.17, 15) is 9.18 Å². The summed E-state index contributed by atoms with van der Waals surface area (Å²) < 4.78 is 15.4. The average Bonchev–Trinajstić information content (AvgIpc) is 3.10. The van der Waals surface area contributed by atoms with E-state index < -0.39 is 0 Å². The number of benzene rings is 1. The maximum Gasteiger partial charge on any atom is 0.352 e. The minimum absolute atomic E-state index is 0.283. The Kier molecular flexibility index (Phi) is 5.49. The summed E-state index contributed by atoms with van der Waals surface area (Å²) >= 11 is 7.39. The standard InChI is InChI=1S/C20H19ClFN5OS/c1-12-24-19(25-20(28)27(12)10-15-6-7-18(21)29-15)26-9-8-16(17(23)11-26)13-2-4-14(22)5-3-13/h2-8,17H,9-11,23H2,1H3/t17-/m0/s1. The summed E-state index contributed by atoms with van der Waals surface area (Å²) in [5.41, 5.74) is 7.81. The van der Waals surface area contributed by atoms with Gasteiger partial charge in [-0.3, -0.25) is 4.57 Å². The molecule has 3 aromatic rings. The van der Waals surface area contributed by atoms with Crippen molar-refractivity contribution in [3.63, 3.8) is 0 Å². The van der Waals surface area contributed by atoms with E-state index in [2.05, 4.69) is 9.97 Å². The fourth-order valence-corrected chi connectivity index (χ4v) is 4.41. The van der Waals surface area contributed by atoms with Crippen LogP contribution in [0, 0.1) is 12.7 Å².